The number of benzene rings is 3. The molecule has 0 aliphatic rings. The van der Waals surface area contributed by atoms with Crippen LogP contribution in [-0.4, -0.2) is 27.6 Å². The van der Waals surface area contributed by atoms with Gasteiger partial charge in [0.1, 0.15) is 12.4 Å². The van der Waals surface area contributed by atoms with Gasteiger partial charge in [-0.05, 0) is 66.4 Å². The van der Waals surface area contributed by atoms with E-state index >= 15 is 0 Å². The van der Waals surface area contributed by atoms with Crippen molar-refractivity contribution in [2.45, 2.75) is 26.5 Å². The number of aryl methyl sites for hydroxylation is 1. The smallest absolute Gasteiger partial charge is 0.272 e. The lowest BCUT2D eigenvalue weighted by molar-refractivity contribution is -0.385. The van der Waals surface area contributed by atoms with E-state index in [1.54, 1.807) is 30.6 Å². The average Bonchev–Trinajstić information content (AvgIpc) is 3.31. The van der Waals surface area contributed by atoms with Crippen molar-refractivity contribution in [2.75, 3.05) is 6.54 Å². The highest BCUT2D eigenvalue weighted by Gasteiger charge is 2.12. The molecule has 3 aromatic carbocycles. The molecule has 0 spiro atoms. The van der Waals surface area contributed by atoms with Crippen LogP contribution in [0.25, 0.3) is 17.0 Å². The maximum Gasteiger partial charge on any atom is 0.272 e. The number of nitrogens with one attached hydrogen (secondary N) is 3. The minimum absolute atomic E-state index is 0.0943. The normalized spacial score (nSPS) is 11.2. The van der Waals surface area contributed by atoms with E-state index in [0.29, 0.717) is 17.9 Å². The summed E-state index contributed by atoms with van der Waals surface area (Å²) in [6.07, 6.45) is 5.72. The van der Waals surface area contributed by atoms with E-state index in [1.807, 2.05) is 54.7 Å². The first-order chi connectivity index (χ1) is 17.9. The zero-order valence-corrected chi connectivity index (χ0v) is 20.4. The van der Waals surface area contributed by atoms with E-state index in [1.165, 1.54) is 11.6 Å². The van der Waals surface area contributed by atoms with Crippen LogP contribution >= 0.6 is 0 Å². The van der Waals surface area contributed by atoms with E-state index in [-0.39, 0.29) is 17.2 Å². The van der Waals surface area contributed by atoms with E-state index in [4.69, 9.17) is 9.94 Å². The standard InChI is InChI=1S/C28H28N4O5/c1-19-2-3-22(14-27(19)32(35)36)18-37-24-9-10-26-25(15-24)23(17-30-26)12-13-29-16-21-6-4-20(5-7-21)8-11-28(33)31-34/h2-11,14-15,17,29-30,34H,12-13,16,18H2,1H3,(H,31,33). The number of ether oxygens (including phenoxy) is 1. The van der Waals surface area contributed by atoms with Gasteiger partial charge in [0.05, 0.1) is 4.92 Å². The summed E-state index contributed by atoms with van der Waals surface area (Å²) in [6, 6.07) is 18.8. The number of hydrogen-bond acceptors (Lipinski definition) is 6. The Morgan fingerprint density at radius 2 is 1.89 bits per heavy atom. The first kappa shape index (κ1) is 25.6. The predicted molar refractivity (Wildman–Crippen MR) is 141 cm³/mol. The lowest BCUT2D eigenvalue weighted by atomic mass is 10.1. The van der Waals surface area contributed by atoms with Gasteiger partial charge < -0.3 is 15.0 Å². The van der Waals surface area contributed by atoms with Gasteiger partial charge in [0.2, 0.25) is 0 Å². The summed E-state index contributed by atoms with van der Waals surface area (Å²) in [4.78, 5) is 25.2. The lowest BCUT2D eigenvalue weighted by Crippen LogP contribution is -2.16. The number of carbonyl (C=O) groups is 1. The minimum atomic E-state index is -0.570. The van der Waals surface area contributed by atoms with Crippen LogP contribution in [0, 0.1) is 17.0 Å². The highest BCUT2D eigenvalue weighted by molar-refractivity contribution is 5.90. The number of amides is 1. The number of H-pyrrole nitrogens is 1. The molecule has 190 valence electrons. The predicted octanol–water partition coefficient (Wildman–Crippen LogP) is 4.81. The second kappa shape index (κ2) is 12.0. The van der Waals surface area contributed by atoms with Gasteiger partial charge >= 0.3 is 0 Å². The minimum Gasteiger partial charge on any atom is -0.489 e. The molecule has 37 heavy (non-hydrogen) atoms. The summed E-state index contributed by atoms with van der Waals surface area (Å²) in [6.45, 7) is 3.46. The summed E-state index contributed by atoms with van der Waals surface area (Å²) in [7, 11) is 0. The molecule has 1 amide bonds. The largest absolute Gasteiger partial charge is 0.489 e. The van der Waals surface area contributed by atoms with Crippen molar-refractivity contribution < 1.29 is 19.7 Å². The number of carbonyl (C=O) groups excluding carboxylic acids is 1. The third kappa shape index (κ3) is 6.81. The number of aromatic nitrogens is 1. The fourth-order valence-corrected chi connectivity index (χ4v) is 3.97. The number of hydroxylamine groups is 1. The second-order valence-electron chi connectivity index (χ2n) is 8.67. The number of nitro benzene ring substituents is 1. The number of nitro groups is 1. The van der Waals surface area contributed by atoms with Gasteiger partial charge in [0.15, 0.2) is 0 Å². The van der Waals surface area contributed by atoms with Crippen LogP contribution in [0.2, 0.25) is 0 Å². The Morgan fingerprint density at radius 1 is 1.11 bits per heavy atom. The first-order valence-corrected chi connectivity index (χ1v) is 11.8. The number of rotatable bonds is 11. The van der Waals surface area contributed by atoms with Crippen molar-refractivity contribution in [3.05, 3.63) is 111 Å². The molecule has 0 fully saturated rings. The molecule has 1 heterocycles. The molecule has 0 bridgehead atoms. The molecular weight excluding hydrogens is 472 g/mol. The Morgan fingerprint density at radius 3 is 2.65 bits per heavy atom. The van der Waals surface area contributed by atoms with Crippen LogP contribution < -0.4 is 15.5 Å². The molecule has 9 heteroatoms. The van der Waals surface area contributed by atoms with Gasteiger partial charge in [-0.15, -0.1) is 0 Å². The molecule has 4 aromatic rings. The van der Waals surface area contributed by atoms with Crippen molar-refractivity contribution in [1.29, 1.82) is 0 Å². The molecule has 4 rings (SSSR count). The van der Waals surface area contributed by atoms with E-state index in [9.17, 15) is 14.9 Å². The van der Waals surface area contributed by atoms with Crippen molar-refractivity contribution in [2.24, 2.45) is 0 Å². The van der Waals surface area contributed by atoms with E-state index in [2.05, 4.69) is 10.3 Å². The molecule has 0 aliphatic heterocycles. The molecule has 1 aromatic heterocycles. The molecule has 0 saturated heterocycles. The van der Waals surface area contributed by atoms with Crippen LogP contribution in [0.15, 0.2) is 72.9 Å². The molecular formula is C28H28N4O5. The molecule has 4 N–H and O–H groups in total. The third-order valence-corrected chi connectivity index (χ3v) is 6.03. The van der Waals surface area contributed by atoms with Crippen molar-refractivity contribution in [3.63, 3.8) is 0 Å². The van der Waals surface area contributed by atoms with Crippen molar-refractivity contribution in [1.82, 2.24) is 15.8 Å². The first-order valence-electron chi connectivity index (χ1n) is 11.8. The number of fused-ring (bicyclic) bond motifs is 1. The molecule has 0 aliphatic carbocycles. The SMILES string of the molecule is Cc1ccc(COc2ccc3[nH]cc(CCNCc4ccc(C=CC(=O)NO)cc4)c3c2)cc1[N+](=O)[O-]. The van der Waals surface area contributed by atoms with Gasteiger partial charge in [-0.25, -0.2) is 5.48 Å². The number of hydrogen-bond donors (Lipinski definition) is 4. The van der Waals surface area contributed by atoms with Gasteiger partial charge in [-0.3, -0.25) is 20.1 Å². The summed E-state index contributed by atoms with van der Waals surface area (Å²) in [5, 5.41) is 24.3. The molecule has 0 saturated carbocycles. The second-order valence-corrected chi connectivity index (χ2v) is 8.67. The van der Waals surface area contributed by atoms with Crippen molar-refractivity contribution >= 4 is 28.6 Å². The highest BCUT2D eigenvalue weighted by atomic mass is 16.6. The Hall–Kier alpha value is -4.47. The number of aromatic amines is 1. The van der Waals surface area contributed by atoms with Gasteiger partial charge in [0, 0.05) is 41.4 Å². The van der Waals surface area contributed by atoms with Crippen LogP contribution in [-0.2, 0) is 24.4 Å². The van der Waals surface area contributed by atoms with Crippen LogP contribution in [0.1, 0.15) is 27.8 Å². The lowest BCUT2D eigenvalue weighted by Gasteiger charge is -2.08. The summed E-state index contributed by atoms with van der Waals surface area (Å²) >= 11 is 0. The third-order valence-electron chi connectivity index (χ3n) is 6.03. The molecule has 0 radical (unpaired) electrons. The fraction of sp³-hybridized carbons (Fsp3) is 0.179. The van der Waals surface area contributed by atoms with Crippen LogP contribution in [0.3, 0.4) is 0 Å². The van der Waals surface area contributed by atoms with Gasteiger partial charge in [-0.2, -0.15) is 0 Å². The van der Waals surface area contributed by atoms with Crippen LogP contribution in [0.5, 0.6) is 5.75 Å². The fourth-order valence-electron chi connectivity index (χ4n) is 3.97. The summed E-state index contributed by atoms with van der Waals surface area (Å²) < 4.78 is 5.94. The highest BCUT2D eigenvalue weighted by Crippen LogP contribution is 2.26. The Kier molecular flexibility index (Phi) is 8.29. The maximum atomic E-state index is 11.2. The summed E-state index contributed by atoms with van der Waals surface area (Å²) in [5.41, 5.74) is 7.20. The Balaban J connectivity index is 1.31. The monoisotopic (exact) mass is 500 g/mol. The zero-order valence-electron chi connectivity index (χ0n) is 20.4. The van der Waals surface area contributed by atoms with Gasteiger partial charge in [-0.1, -0.05) is 36.4 Å². The zero-order chi connectivity index (χ0) is 26.2. The summed E-state index contributed by atoms with van der Waals surface area (Å²) in [5.74, 6) is 0.134. The van der Waals surface area contributed by atoms with E-state index in [0.717, 1.165) is 40.6 Å². The Bertz CT molecular complexity index is 1430. The quantitative estimate of drug-likeness (QED) is 0.0769. The maximum absolute atomic E-state index is 11.2. The molecule has 9 nitrogen and oxygen atoms in total. The average molecular weight is 501 g/mol. The topological polar surface area (TPSA) is 130 Å². The Labute approximate surface area is 213 Å². The number of nitrogens with zero attached hydrogens (tertiary/aromatic N) is 1. The van der Waals surface area contributed by atoms with Crippen molar-refractivity contribution in [3.8, 4) is 5.75 Å². The molecule has 0 unspecified atom stereocenters. The van der Waals surface area contributed by atoms with Gasteiger partial charge in [0.25, 0.3) is 11.6 Å². The van der Waals surface area contributed by atoms with E-state index < -0.39 is 5.91 Å². The molecule has 0 atom stereocenters. The van der Waals surface area contributed by atoms with Crippen LogP contribution in [0.4, 0.5) is 5.69 Å².